The van der Waals surface area contributed by atoms with Crippen LogP contribution in [0.5, 0.6) is 0 Å². The van der Waals surface area contributed by atoms with Gasteiger partial charge in [-0.3, -0.25) is 19.5 Å². The Morgan fingerprint density at radius 1 is 1.35 bits per heavy atom. The highest BCUT2D eigenvalue weighted by molar-refractivity contribution is 5.97. The van der Waals surface area contributed by atoms with E-state index in [1.54, 1.807) is 12.1 Å². The number of carbonyl (C=O) groups is 3. The first-order valence-electron chi connectivity index (χ1n) is 6.37. The van der Waals surface area contributed by atoms with Crippen molar-refractivity contribution in [1.82, 2.24) is 9.88 Å². The quantitative estimate of drug-likeness (QED) is 0.611. The zero-order chi connectivity index (χ0) is 14.7. The number of hydrogen-bond donors (Lipinski definition) is 0. The first kappa shape index (κ1) is 14.2. The molecule has 0 aromatic carbocycles. The smallest absolute Gasteiger partial charge is 0.339 e. The lowest BCUT2D eigenvalue weighted by Crippen LogP contribution is -2.42. The number of hydrogen-bond acceptors (Lipinski definition) is 5. The summed E-state index contributed by atoms with van der Waals surface area (Å²) in [7, 11) is 1.29. The fraction of sp³-hybridized carbons (Fsp3) is 0.429. The van der Waals surface area contributed by atoms with Gasteiger partial charge in [-0.25, -0.2) is 4.79 Å². The van der Waals surface area contributed by atoms with Crippen molar-refractivity contribution in [3.05, 3.63) is 29.6 Å². The van der Waals surface area contributed by atoms with Crippen LogP contribution < -0.4 is 0 Å². The molecule has 6 nitrogen and oxygen atoms in total. The molecule has 2 amide bonds. The molecule has 20 heavy (non-hydrogen) atoms. The number of aromatic nitrogens is 1. The highest BCUT2D eigenvalue weighted by Crippen LogP contribution is 2.20. The summed E-state index contributed by atoms with van der Waals surface area (Å²) >= 11 is 0. The van der Waals surface area contributed by atoms with E-state index in [2.05, 4.69) is 9.72 Å². The number of likely N-dealkylation sites (tertiary alicyclic amines) is 1. The zero-order valence-corrected chi connectivity index (χ0v) is 11.5. The van der Waals surface area contributed by atoms with Gasteiger partial charge in [0.25, 0.3) is 0 Å². The van der Waals surface area contributed by atoms with Crippen LogP contribution in [0.4, 0.5) is 0 Å². The van der Waals surface area contributed by atoms with Crippen LogP contribution in [0.15, 0.2) is 18.3 Å². The van der Waals surface area contributed by atoms with E-state index >= 15 is 0 Å². The molecule has 1 fully saturated rings. The van der Waals surface area contributed by atoms with Crippen molar-refractivity contribution in [1.29, 1.82) is 0 Å². The molecule has 1 aliphatic rings. The second-order valence-corrected chi connectivity index (χ2v) is 4.92. The van der Waals surface area contributed by atoms with Crippen LogP contribution >= 0.6 is 0 Å². The number of pyridine rings is 1. The van der Waals surface area contributed by atoms with Crippen molar-refractivity contribution in [3.63, 3.8) is 0 Å². The third-order valence-corrected chi connectivity index (χ3v) is 3.21. The van der Waals surface area contributed by atoms with Gasteiger partial charge in [0.2, 0.25) is 11.8 Å². The van der Waals surface area contributed by atoms with Gasteiger partial charge in [0, 0.05) is 19.0 Å². The number of methoxy groups -OCH3 is 1. The zero-order valence-electron chi connectivity index (χ0n) is 11.5. The molecule has 6 heteroatoms. The largest absolute Gasteiger partial charge is 0.465 e. The van der Waals surface area contributed by atoms with E-state index in [4.69, 9.17) is 0 Å². The van der Waals surface area contributed by atoms with E-state index in [1.807, 2.05) is 6.92 Å². The molecule has 0 radical (unpaired) electrons. The van der Waals surface area contributed by atoms with Gasteiger partial charge in [0.1, 0.15) is 0 Å². The Morgan fingerprint density at radius 2 is 2.00 bits per heavy atom. The van der Waals surface area contributed by atoms with E-state index in [0.717, 1.165) is 0 Å². The Labute approximate surface area is 116 Å². The molecule has 2 rings (SSSR count). The van der Waals surface area contributed by atoms with Gasteiger partial charge >= 0.3 is 5.97 Å². The lowest BCUT2D eigenvalue weighted by atomic mass is 9.97. The van der Waals surface area contributed by atoms with E-state index in [1.165, 1.54) is 18.2 Å². The number of nitrogens with zero attached hydrogens (tertiary/aromatic N) is 2. The minimum absolute atomic E-state index is 0.0981. The average molecular weight is 276 g/mol. The monoisotopic (exact) mass is 276 g/mol. The maximum atomic E-state index is 11.8. The Kier molecular flexibility index (Phi) is 4.12. The normalized spacial score (nSPS) is 16.4. The molecular weight excluding hydrogens is 260 g/mol. The van der Waals surface area contributed by atoms with Crippen molar-refractivity contribution in [2.75, 3.05) is 7.11 Å². The van der Waals surface area contributed by atoms with Crippen molar-refractivity contribution in [2.24, 2.45) is 5.92 Å². The van der Waals surface area contributed by atoms with Gasteiger partial charge in [0.15, 0.2) is 0 Å². The number of imide groups is 1. The molecule has 0 aliphatic carbocycles. The Balaban J connectivity index is 2.08. The number of carbonyl (C=O) groups excluding carboxylic acids is 3. The van der Waals surface area contributed by atoms with Crippen LogP contribution in [0.3, 0.4) is 0 Å². The van der Waals surface area contributed by atoms with Crippen molar-refractivity contribution >= 4 is 17.8 Å². The summed E-state index contributed by atoms with van der Waals surface area (Å²) in [5, 5.41) is 0. The highest BCUT2D eigenvalue weighted by atomic mass is 16.5. The Morgan fingerprint density at radius 3 is 2.50 bits per heavy atom. The predicted molar refractivity (Wildman–Crippen MR) is 69.5 cm³/mol. The lowest BCUT2D eigenvalue weighted by Gasteiger charge is -2.27. The van der Waals surface area contributed by atoms with Gasteiger partial charge in [-0.05, 0) is 18.1 Å². The molecule has 0 unspecified atom stereocenters. The summed E-state index contributed by atoms with van der Waals surface area (Å²) in [5.41, 5.74) is 0.898. The molecule has 0 bridgehead atoms. The van der Waals surface area contributed by atoms with Crippen molar-refractivity contribution in [2.45, 2.75) is 26.3 Å². The minimum Gasteiger partial charge on any atom is -0.465 e. The molecule has 1 aliphatic heterocycles. The van der Waals surface area contributed by atoms with Gasteiger partial charge < -0.3 is 4.74 Å². The Bertz CT molecular complexity index is 521. The average Bonchev–Trinajstić information content (AvgIpc) is 2.42. The van der Waals surface area contributed by atoms with Gasteiger partial charge in [0.05, 0.1) is 24.9 Å². The fourth-order valence-electron chi connectivity index (χ4n) is 2.12. The van der Waals surface area contributed by atoms with Crippen LogP contribution in [0.2, 0.25) is 0 Å². The first-order chi connectivity index (χ1) is 9.51. The molecule has 2 heterocycles. The van der Waals surface area contributed by atoms with Gasteiger partial charge in [-0.15, -0.1) is 0 Å². The summed E-state index contributed by atoms with van der Waals surface area (Å²) in [6.45, 7) is 2.03. The van der Waals surface area contributed by atoms with Crippen LogP contribution in [0.1, 0.15) is 35.8 Å². The molecular formula is C14H16N2O4. The molecule has 0 N–H and O–H groups in total. The predicted octanol–water partition coefficient (Wildman–Crippen LogP) is 1.15. The third-order valence-electron chi connectivity index (χ3n) is 3.21. The van der Waals surface area contributed by atoms with E-state index in [0.29, 0.717) is 24.1 Å². The molecule has 0 spiro atoms. The second-order valence-electron chi connectivity index (χ2n) is 4.92. The van der Waals surface area contributed by atoms with E-state index in [9.17, 15) is 14.4 Å². The van der Waals surface area contributed by atoms with Gasteiger partial charge in [-0.2, -0.15) is 0 Å². The van der Waals surface area contributed by atoms with Crippen LogP contribution in [0.25, 0.3) is 0 Å². The molecule has 1 saturated heterocycles. The van der Waals surface area contributed by atoms with Crippen LogP contribution in [-0.2, 0) is 20.9 Å². The van der Waals surface area contributed by atoms with E-state index < -0.39 is 5.97 Å². The number of rotatable bonds is 3. The Hall–Kier alpha value is -2.24. The summed E-state index contributed by atoms with van der Waals surface area (Å²) in [4.78, 5) is 40.3. The summed E-state index contributed by atoms with van der Waals surface area (Å²) in [6.07, 6.45) is 2.14. The maximum absolute atomic E-state index is 11.8. The second kappa shape index (κ2) is 5.81. The summed E-state index contributed by atoms with van der Waals surface area (Å²) in [6, 6.07) is 3.18. The number of amides is 2. The fourth-order valence-corrected chi connectivity index (χ4v) is 2.12. The molecule has 106 valence electrons. The third kappa shape index (κ3) is 3.01. The molecule has 0 saturated carbocycles. The van der Waals surface area contributed by atoms with E-state index in [-0.39, 0.29) is 24.3 Å². The molecule has 1 aromatic rings. The maximum Gasteiger partial charge on any atom is 0.339 e. The minimum atomic E-state index is -0.469. The summed E-state index contributed by atoms with van der Waals surface area (Å²) in [5.74, 6) is -0.718. The lowest BCUT2D eigenvalue weighted by molar-refractivity contribution is -0.150. The SMILES string of the molecule is COC(=O)c1ccc(CN2C(=O)CC(C)CC2=O)nc1. The number of esters is 1. The highest BCUT2D eigenvalue weighted by Gasteiger charge is 2.30. The van der Waals surface area contributed by atoms with Crippen molar-refractivity contribution < 1.29 is 19.1 Å². The van der Waals surface area contributed by atoms with Crippen molar-refractivity contribution in [3.8, 4) is 0 Å². The first-order valence-corrected chi connectivity index (χ1v) is 6.37. The molecule has 0 atom stereocenters. The molecule has 1 aromatic heterocycles. The standard InChI is InChI=1S/C14H16N2O4/c1-9-5-12(17)16(13(18)6-9)8-11-4-3-10(7-15-11)14(19)20-2/h3-4,7,9H,5-6,8H2,1-2H3. The van der Waals surface area contributed by atoms with Gasteiger partial charge in [-0.1, -0.05) is 6.92 Å². The van der Waals surface area contributed by atoms with Crippen LogP contribution in [0, 0.1) is 5.92 Å². The number of ether oxygens (including phenoxy) is 1. The van der Waals surface area contributed by atoms with Crippen LogP contribution in [-0.4, -0.2) is 34.8 Å². The topological polar surface area (TPSA) is 76.6 Å². The number of piperidine rings is 1. The summed E-state index contributed by atoms with van der Waals surface area (Å²) < 4.78 is 4.57.